The fourth-order valence-electron chi connectivity index (χ4n) is 2.84. The molecule has 1 aromatic heterocycles. The van der Waals surface area contributed by atoms with E-state index in [1.54, 1.807) is 17.9 Å². The first-order valence-corrected chi connectivity index (χ1v) is 8.51. The van der Waals surface area contributed by atoms with Gasteiger partial charge in [-0.05, 0) is 31.2 Å². The molecule has 2 aromatic rings. The molecule has 2 heterocycles. The van der Waals surface area contributed by atoms with Gasteiger partial charge in [0.15, 0.2) is 5.82 Å². The van der Waals surface area contributed by atoms with Crippen LogP contribution in [0.25, 0.3) is 0 Å². The molecule has 1 saturated heterocycles. The number of halogens is 1. The zero-order chi connectivity index (χ0) is 18.5. The topological polar surface area (TPSA) is 78.7 Å². The smallest absolute Gasteiger partial charge is 0.253 e. The Morgan fingerprint density at radius 3 is 2.50 bits per heavy atom. The molecular weight excluding hydrogens is 339 g/mol. The summed E-state index contributed by atoms with van der Waals surface area (Å²) in [6.45, 7) is 4.93. The molecule has 138 valence electrons. The van der Waals surface area contributed by atoms with Crippen LogP contribution in [0.2, 0.25) is 0 Å². The number of hydrogen-bond acceptors (Lipinski definition) is 5. The fourth-order valence-corrected chi connectivity index (χ4v) is 2.84. The summed E-state index contributed by atoms with van der Waals surface area (Å²) in [6, 6.07) is 7.24. The third-order valence-electron chi connectivity index (χ3n) is 4.30. The lowest BCUT2D eigenvalue weighted by Gasteiger charge is -2.34. The maximum absolute atomic E-state index is 13.0. The summed E-state index contributed by atoms with van der Waals surface area (Å²) >= 11 is 0. The second-order valence-electron chi connectivity index (χ2n) is 6.26. The number of benzene rings is 1. The van der Waals surface area contributed by atoms with E-state index < -0.39 is 0 Å². The number of piperazine rings is 1. The van der Waals surface area contributed by atoms with Crippen molar-refractivity contribution in [1.82, 2.24) is 15.0 Å². The summed E-state index contributed by atoms with van der Waals surface area (Å²) in [6.07, 6.45) is 0.345. The standard InChI is InChI=1S/C18H21FN4O3/c1-13-12-16(21-26-13)20-17(24)6-7-22-8-10-23(11-9-22)18(25)14-2-4-15(19)5-3-14/h2-5,12H,6-11H2,1H3,(H,20,21,24). The van der Waals surface area contributed by atoms with Gasteiger partial charge >= 0.3 is 0 Å². The minimum absolute atomic E-state index is 0.0937. The first-order valence-electron chi connectivity index (χ1n) is 8.51. The number of anilines is 1. The van der Waals surface area contributed by atoms with Crippen LogP contribution in [0.3, 0.4) is 0 Å². The van der Waals surface area contributed by atoms with Crippen LogP contribution in [0.15, 0.2) is 34.9 Å². The lowest BCUT2D eigenvalue weighted by molar-refractivity contribution is -0.116. The van der Waals surface area contributed by atoms with Gasteiger partial charge in [-0.15, -0.1) is 0 Å². The summed E-state index contributed by atoms with van der Waals surface area (Å²) in [5, 5.41) is 6.42. The minimum Gasteiger partial charge on any atom is -0.360 e. The zero-order valence-corrected chi connectivity index (χ0v) is 14.6. The van der Waals surface area contributed by atoms with E-state index in [2.05, 4.69) is 15.4 Å². The van der Waals surface area contributed by atoms with Gasteiger partial charge in [-0.3, -0.25) is 14.5 Å². The van der Waals surface area contributed by atoms with Gasteiger partial charge < -0.3 is 14.7 Å². The van der Waals surface area contributed by atoms with E-state index in [9.17, 15) is 14.0 Å². The summed E-state index contributed by atoms with van der Waals surface area (Å²) in [4.78, 5) is 28.2. The number of amides is 2. The van der Waals surface area contributed by atoms with E-state index in [1.807, 2.05) is 0 Å². The largest absolute Gasteiger partial charge is 0.360 e. The molecule has 0 unspecified atom stereocenters. The Hall–Kier alpha value is -2.74. The quantitative estimate of drug-likeness (QED) is 0.881. The zero-order valence-electron chi connectivity index (χ0n) is 14.6. The molecule has 0 bridgehead atoms. The number of aromatic nitrogens is 1. The average molecular weight is 360 g/mol. The van der Waals surface area contributed by atoms with Crippen LogP contribution in [0.5, 0.6) is 0 Å². The number of hydrogen-bond donors (Lipinski definition) is 1. The molecule has 7 nitrogen and oxygen atoms in total. The van der Waals surface area contributed by atoms with Gasteiger partial charge in [-0.1, -0.05) is 5.16 Å². The summed E-state index contributed by atoms with van der Waals surface area (Å²) in [7, 11) is 0. The third kappa shape index (κ3) is 4.66. The second kappa shape index (κ2) is 8.09. The van der Waals surface area contributed by atoms with Gasteiger partial charge in [0, 0.05) is 50.8 Å². The van der Waals surface area contributed by atoms with E-state index in [0.29, 0.717) is 56.3 Å². The van der Waals surface area contributed by atoms with E-state index in [4.69, 9.17) is 4.52 Å². The van der Waals surface area contributed by atoms with E-state index >= 15 is 0 Å². The maximum atomic E-state index is 13.0. The van der Waals surface area contributed by atoms with Crippen molar-refractivity contribution in [1.29, 1.82) is 0 Å². The molecular formula is C18H21FN4O3. The first-order chi connectivity index (χ1) is 12.5. The Morgan fingerprint density at radius 2 is 1.88 bits per heavy atom. The highest BCUT2D eigenvalue weighted by molar-refractivity contribution is 5.94. The van der Waals surface area contributed by atoms with Crippen molar-refractivity contribution in [3.8, 4) is 0 Å². The molecule has 0 spiro atoms. The first kappa shape index (κ1) is 18.1. The number of nitrogens with zero attached hydrogens (tertiary/aromatic N) is 3. The monoisotopic (exact) mass is 360 g/mol. The van der Waals surface area contributed by atoms with Crippen molar-refractivity contribution in [2.45, 2.75) is 13.3 Å². The molecule has 2 amide bonds. The second-order valence-corrected chi connectivity index (χ2v) is 6.26. The van der Waals surface area contributed by atoms with Gasteiger partial charge in [0.25, 0.3) is 5.91 Å². The SMILES string of the molecule is Cc1cc(NC(=O)CCN2CCN(C(=O)c3ccc(F)cc3)CC2)no1. The lowest BCUT2D eigenvalue weighted by Crippen LogP contribution is -2.49. The highest BCUT2D eigenvalue weighted by Crippen LogP contribution is 2.11. The Morgan fingerprint density at radius 1 is 1.19 bits per heavy atom. The summed E-state index contributed by atoms with van der Waals surface area (Å²) in [5.41, 5.74) is 0.488. The number of carbonyl (C=O) groups is 2. The number of carbonyl (C=O) groups excluding carboxylic acids is 2. The van der Waals surface area contributed by atoms with Crippen LogP contribution in [0, 0.1) is 12.7 Å². The van der Waals surface area contributed by atoms with Gasteiger partial charge in [-0.25, -0.2) is 4.39 Å². The highest BCUT2D eigenvalue weighted by Gasteiger charge is 2.22. The van der Waals surface area contributed by atoms with Crippen molar-refractivity contribution in [3.63, 3.8) is 0 Å². The Labute approximate surface area is 150 Å². The normalized spacial score (nSPS) is 15.1. The molecule has 26 heavy (non-hydrogen) atoms. The number of rotatable bonds is 5. The van der Waals surface area contributed by atoms with Crippen LogP contribution in [0.4, 0.5) is 10.2 Å². The molecule has 1 N–H and O–H groups in total. The molecule has 8 heteroatoms. The maximum Gasteiger partial charge on any atom is 0.253 e. The fraction of sp³-hybridized carbons (Fsp3) is 0.389. The average Bonchev–Trinajstić information content (AvgIpc) is 3.05. The lowest BCUT2D eigenvalue weighted by atomic mass is 10.1. The Kier molecular flexibility index (Phi) is 5.62. The molecule has 0 atom stereocenters. The van der Waals surface area contributed by atoms with E-state index in [0.717, 1.165) is 0 Å². The van der Waals surface area contributed by atoms with Crippen molar-refractivity contribution in [2.24, 2.45) is 0 Å². The highest BCUT2D eigenvalue weighted by atomic mass is 19.1. The predicted molar refractivity (Wildman–Crippen MR) is 93.2 cm³/mol. The third-order valence-corrected chi connectivity index (χ3v) is 4.30. The van der Waals surface area contributed by atoms with Gasteiger partial charge in [0.2, 0.25) is 5.91 Å². The number of aryl methyl sites for hydroxylation is 1. The molecule has 0 aliphatic carbocycles. The molecule has 0 saturated carbocycles. The predicted octanol–water partition coefficient (Wildman–Crippen LogP) is 1.91. The Bertz CT molecular complexity index is 767. The Balaban J connectivity index is 1.41. The molecule has 0 radical (unpaired) electrons. The van der Waals surface area contributed by atoms with Crippen LogP contribution < -0.4 is 5.32 Å². The minimum atomic E-state index is -0.356. The molecule has 1 aliphatic rings. The molecule has 3 rings (SSSR count). The van der Waals surface area contributed by atoms with Crippen molar-refractivity contribution in [2.75, 3.05) is 38.0 Å². The summed E-state index contributed by atoms with van der Waals surface area (Å²) < 4.78 is 17.9. The number of nitrogens with one attached hydrogen (secondary N) is 1. The van der Waals surface area contributed by atoms with Crippen LogP contribution in [-0.2, 0) is 4.79 Å². The van der Waals surface area contributed by atoms with Crippen LogP contribution >= 0.6 is 0 Å². The van der Waals surface area contributed by atoms with Gasteiger partial charge in [-0.2, -0.15) is 0 Å². The van der Waals surface area contributed by atoms with Gasteiger partial charge in [0.1, 0.15) is 11.6 Å². The van der Waals surface area contributed by atoms with Crippen molar-refractivity contribution >= 4 is 17.6 Å². The molecule has 1 aliphatic heterocycles. The van der Waals surface area contributed by atoms with Gasteiger partial charge in [0.05, 0.1) is 0 Å². The van der Waals surface area contributed by atoms with E-state index in [-0.39, 0.29) is 17.6 Å². The summed E-state index contributed by atoms with van der Waals surface area (Å²) in [5.74, 6) is 0.488. The van der Waals surface area contributed by atoms with E-state index in [1.165, 1.54) is 24.3 Å². The molecule has 1 aromatic carbocycles. The van der Waals surface area contributed by atoms with Crippen molar-refractivity contribution < 1.29 is 18.5 Å². The van der Waals surface area contributed by atoms with Crippen LogP contribution in [0.1, 0.15) is 22.5 Å². The van der Waals surface area contributed by atoms with Crippen LogP contribution in [-0.4, -0.2) is 59.5 Å². The molecule has 1 fully saturated rings. The van der Waals surface area contributed by atoms with Crippen molar-refractivity contribution in [3.05, 3.63) is 47.5 Å².